The lowest BCUT2D eigenvalue weighted by molar-refractivity contribution is -0.121. The van der Waals surface area contributed by atoms with Gasteiger partial charge < -0.3 is 10.1 Å². The van der Waals surface area contributed by atoms with E-state index in [1.165, 1.54) is 5.56 Å². The molecule has 0 heterocycles. The molecule has 3 heteroatoms. The molecule has 0 saturated heterocycles. The van der Waals surface area contributed by atoms with Crippen molar-refractivity contribution in [2.24, 2.45) is 0 Å². The Kier molecular flexibility index (Phi) is 5.83. The summed E-state index contributed by atoms with van der Waals surface area (Å²) >= 11 is 0. The molecule has 1 amide bonds. The quantitative estimate of drug-likeness (QED) is 0.848. The number of nitrogens with one attached hydrogen (secondary N) is 1. The average molecular weight is 283 g/mol. The zero-order valence-electron chi connectivity index (χ0n) is 12.3. The molecule has 2 rings (SSSR count). The Hall–Kier alpha value is -2.29. The van der Waals surface area contributed by atoms with Gasteiger partial charge in [0.15, 0.2) is 0 Å². The van der Waals surface area contributed by atoms with Gasteiger partial charge in [0.2, 0.25) is 5.91 Å². The molecule has 1 N–H and O–H groups in total. The molecule has 0 fully saturated rings. The Morgan fingerprint density at radius 2 is 1.76 bits per heavy atom. The summed E-state index contributed by atoms with van der Waals surface area (Å²) in [7, 11) is 1.66. The SMILES string of the molecule is COc1cccc(CCNC(=O)CCc2ccccc2)c1. The minimum Gasteiger partial charge on any atom is -0.497 e. The van der Waals surface area contributed by atoms with E-state index in [2.05, 4.69) is 5.32 Å². The van der Waals surface area contributed by atoms with Gasteiger partial charge in [-0.15, -0.1) is 0 Å². The maximum absolute atomic E-state index is 11.8. The molecule has 2 aromatic carbocycles. The second-order valence-electron chi connectivity index (χ2n) is 4.94. The molecule has 3 nitrogen and oxygen atoms in total. The largest absolute Gasteiger partial charge is 0.497 e. The van der Waals surface area contributed by atoms with Crippen molar-refractivity contribution in [3.05, 3.63) is 65.7 Å². The van der Waals surface area contributed by atoms with Gasteiger partial charge in [-0.1, -0.05) is 42.5 Å². The highest BCUT2D eigenvalue weighted by Gasteiger charge is 2.02. The summed E-state index contributed by atoms with van der Waals surface area (Å²) in [4.78, 5) is 11.8. The van der Waals surface area contributed by atoms with Gasteiger partial charge in [-0.05, 0) is 36.1 Å². The summed E-state index contributed by atoms with van der Waals surface area (Å²) < 4.78 is 5.18. The third-order valence-electron chi connectivity index (χ3n) is 3.35. The molecular formula is C18H21NO2. The van der Waals surface area contributed by atoms with Crippen molar-refractivity contribution in [2.75, 3.05) is 13.7 Å². The number of aryl methyl sites for hydroxylation is 1. The summed E-state index contributed by atoms with van der Waals surface area (Å²) in [6.45, 7) is 0.654. The Morgan fingerprint density at radius 3 is 2.52 bits per heavy atom. The molecule has 0 spiro atoms. The number of methoxy groups -OCH3 is 1. The maximum Gasteiger partial charge on any atom is 0.220 e. The maximum atomic E-state index is 11.8. The first-order valence-corrected chi connectivity index (χ1v) is 7.21. The van der Waals surface area contributed by atoms with Crippen LogP contribution in [0.5, 0.6) is 5.75 Å². The average Bonchev–Trinajstić information content (AvgIpc) is 2.54. The standard InChI is InChI=1S/C18H21NO2/c1-21-17-9-5-8-16(14-17)12-13-19-18(20)11-10-15-6-3-2-4-7-15/h2-9,14H,10-13H2,1H3,(H,19,20). The molecule has 0 aliphatic carbocycles. The van der Waals surface area contributed by atoms with Crippen LogP contribution in [0.4, 0.5) is 0 Å². The van der Waals surface area contributed by atoms with Crippen molar-refractivity contribution in [3.8, 4) is 5.75 Å². The number of benzene rings is 2. The van der Waals surface area contributed by atoms with Crippen molar-refractivity contribution < 1.29 is 9.53 Å². The minimum atomic E-state index is 0.0988. The fourth-order valence-electron chi connectivity index (χ4n) is 2.17. The van der Waals surface area contributed by atoms with E-state index in [1.807, 2.05) is 54.6 Å². The molecule has 0 aliphatic heterocycles. The van der Waals surface area contributed by atoms with Gasteiger partial charge in [-0.25, -0.2) is 0 Å². The molecule has 110 valence electrons. The van der Waals surface area contributed by atoms with E-state index in [9.17, 15) is 4.79 Å². The Labute approximate surface area is 126 Å². The lowest BCUT2D eigenvalue weighted by Crippen LogP contribution is -2.25. The number of carbonyl (C=O) groups is 1. The number of carbonyl (C=O) groups excluding carboxylic acids is 1. The molecule has 2 aromatic rings. The predicted octanol–water partition coefficient (Wildman–Crippen LogP) is 2.99. The van der Waals surface area contributed by atoms with Crippen molar-refractivity contribution in [3.63, 3.8) is 0 Å². The predicted molar refractivity (Wildman–Crippen MR) is 84.5 cm³/mol. The van der Waals surface area contributed by atoms with Gasteiger partial charge >= 0.3 is 0 Å². The molecule has 0 bridgehead atoms. The fourth-order valence-corrected chi connectivity index (χ4v) is 2.17. The first kappa shape index (κ1) is 15.1. The van der Waals surface area contributed by atoms with E-state index < -0.39 is 0 Å². The van der Waals surface area contributed by atoms with E-state index in [0.717, 1.165) is 24.2 Å². The second kappa shape index (κ2) is 8.10. The Bertz CT molecular complexity index is 566. The molecule has 0 aromatic heterocycles. The number of hydrogen-bond acceptors (Lipinski definition) is 2. The van der Waals surface area contributed by atoms with Crippen LogP contribution in [0.3, 0.4) is 0 Å². The Balaban J connectivity index is 1.69. The van der Waals surface area contributed by atoms with Gasteiger partial charge in [-0.3, -0.25) is 4.79 Å². The third kappa shape index (κ3) is 5.30. The van der Waals surface area contributed by atoms with Crippen LogP contribution in [0.25, 0.3) is 0 Å². The summed E-state index contributed by atoms with van der Waals surface area (Å²) in [6.07, 6.45) is 2.13. The smallest absolute Gasteiger partial charge is 0.220 e. The van der Waals surface area contributed by atoms with E-state index >= 15 is 0 Å². The Morgan fingerprint density at radius 1 is 1.00 bits per heavy atom. The fraction of sp³-hybridized carbons (Fsp3) is 0.278. The summed E-state index contributed by atoms with van der Waals surface area (Å²) in [5, 5.41) is 2.96. The van der Waals surface area contributed by atoms with Crippen LogP contribution < -0.4 is 10.1 Å². The van der Waals surface area contributed by atoms with E-state index in [-0.39, 0.29) is 5.91 Å². The lowest BCUT2D eigenvalue weighted by Gasteiger charge is -2.07. The molecule has 0 aliphatic rings. The van der Waals surface area contributed by atoms with Gasteiger partial charge in [0.25, 0.3) is 0 Å². The first-order chi connectivity index (χ1) is 10.3. The van der Waals surface area contributed by atoms with Crippen LogP contribution in [0.15, 0.2) is 54.6 Å². The lowest BCUT2D eigenvalue weighted by atomic mass is 10.1. The number of hydrogen-bond donors (Lipinski definition) is 1. The van der Waals surface area contributed by atoms with Crippen molar-refractivity contribution in [1.82, 2.24) is 5.32 Å². The summed E-state index contributed by atoms with van der Waals surface area (Å²) in [5.41, 5.74) is 2.36. The van der Waals surface area contributed by atoms with Gasteiger partial charge in [0.1, 0.15) is 5.75 Å². The molecule has 0 unspecified atom stereocenters. The van der Waals surface area contributed by atoms with Crippen LogP contribution in [0.2, 0.25) is 0 Å². The van der Waals surface area contributed by atoms with E-state index in [1.54, 1.807) is 7.11 Å². The highest BCUT2D eigenvalue weighted by molar-refractivity contribution is 5.76. The molecule has 21 heavy (non-hydrogen) atoms. The van der Waals surface area contributed by atoms with Gasteiger partial charge in [-0.2, -0.15) is 0 Å². The summed E-state index contributed by atoms with van der Waals surface area (Å²) in [5.74, 6) is 0.949. The highest BCUT2D eigenvalue weighted by Crippen LogP contribution is 2.12. The number of amides is 1. The minimum absolute atomic E-state index is 0.0988. The van der Waals surface area contributed by atoms with Crippen molar-refractivity contribution in [1.29, 1.82) is 0 Å². The van der Waals surface area contributed by atoms with Crippen LogP contribution >= 0.6 is 0 Å². The van der Waals surface area contributed by atoms with Crippen LogP contribution in [-0.4, -0.2) is 19.6 Å². The van der Waals surface area contributed by atoms with Crippen LogP contribution in [0.1, 0.15) is 17.5 Å². The summed E-state index contributed by atoms with van der Waals surface area (Å²) in [6, 6.07) is 18.0. The van der Waals surface area contributed by atoms with Crippen LogP contribution in [0, 0.1) is 0 Å². The third-order valence-corrected chi connectivity index (χ3v) is 3.35. The molecule has 0 saturated carbocycles. The zero-order chi connectivity index (χ0) is 14.9. The van der Waals surface area contributed by atoms with Crippen molar-refractivity contribution in [2.45, 2.75) is 19.3 Å². The molecule has 0 atom stereocenters. The van der Waals surface area contributed by atoms with Gasteiger partial charge in [0.05, 0.1) is 7.11 Å². The highest BCUT2D eigenvalue weighted by atomic mass is 16.5. The van der Waals surface area contributed by atoms with Gasteiger partial charge in [0, 0.05) is 13.0 Å². The number of ether oxygens (including phenoxy) is 1. The number of rotatable bonds is 7. The monoisotopic (exact) mass is 283 g/mol. The zero-order valence-corrected chi connectivity index (χ0v) is 12.3. The van der Waals surface area contributed by atoms with E-state index in [4.69, 9.17) is 4.74 Å². The second-order valence-corrected chi connectivity index (χ2v) is 4.94. The molecular weight excluding hydrogens is 262 g/mol. The normalized spacial score (nSPS) is 10.1. The molecule has 0 radical (unpaired) electrons. The topological polar surface area (TPSA) is 38.3 Å². The van der Waals surface area contributed by atoms with E-state index in [0.29, 0.717) is 13.0 Å². The van der Waals surface area contributed by atoms with Crippen molar-refractivity contribution >= 4 is 5.91 Å². The first-order valence-electron chi connectivity index (χ1n) is 7.21. The van der Waals surface area contributed by atoms with Crippen LogP contribution in [-0.2, 0) is 17.6 Å².